The lowest BCUT2D eigenvalue weighted by molar-refractivity contribution is 0.510. The molecule has 1 N–H and O–H groups in total. The van der Waals surface area contributed by atoms with Crippen LogP contribution < -0.4 is 4.31 Å². The highest BCUT2D eigenvalue weighted by atomic mass is 32.2. The van der Waals surface area contributed by atoms with Gasteiger partial charge in [0, 0.05) is 13.2 Å². The molecule has 0 fully saturated rings. The molecule has 1 aliphatic rings. The van der Waals surface area contributed by atoms with Crippen LogP contribution >= 0.6 is 0 Å². The third kappa shape index (κ3) is 1.15. The van der Waals surface area contributed by atoms with Crippen LogP contribution in [-0.2, 0) is 10.0 Å². The Morgan fingerprint density at radius 3 is 2.93 bits per heavy atom. The van der Waals surface area contributed by atoms with Crippen LogP contribution in [0.3, 0.4) is 0 Å². The van der Waals surface area contributed by atoms with E-state index in [2.05, 4.69) is 4.98 Å². The zero-order valence-electron chi connectivity index (χ0n) is 7.38. The molecule has 6 heteroatoms. The molecule has 0 radical (unpaired) electrons. The SMILES string of the molecule is CN1c2ncccc2C(O)=CS1(=O)=O. The Labute approximate surface area is 81.4 Å². The van der Waals surface area contributed by atoms with Crippen LogP contribution in [0.2, 0.25) is 0 Å². The van der Waals surface area contributed by atoms with Crippen molar-refractivity contribution in [2.75, 3.05) is 11.4 Å². The van der Waals surface area contributed by atoms with E-state index in [0.29, 0.717) is 5.56 Å². The van der Waals surface area contributed by atoms with Crippen molar-refractivity contribution in [3.05, 3.63) is 29.3 Å². The first-order chi connectivity index (χ1) is 6.52. The van der Waals surface area contributed by atoms with Crippen LogP contribution in [0, 0.1) is 0 Å². The average Bonchev–Trinajstić information content (AvgIpc) is 2.14. The maximum absolute atomic E-state index is 11.4. The van der Waals surface area contributed by atoms with Crippen LogP contribution in [0.1, 0.15) is 5.56 Å². The molecule has 1 aromatic rings. The van der Waals surface area contributed by atoms with Gasteiger partial charge in [0.25, 0.3) is 10.0 Å². The van der Waals surface area contributed by atoms with E-state index < -0.39 is 10.0 Å². The summed E-state index contributed by atoms with van der Waals surface area (Å²) in [6.07, 6.45) is 1.48. The van der Waals surface area contributed by atoms with Crippen LogP contribution in [0.5, 0.6) is 0 Å². The van der Waals surface area contributed by atoms with E-state index >= 15 is 0 Å². The molecule has 2 heterocycles. The minimum absolute atomic E-state index is 0.243. The summed E-state index contributed by atoms with van der Waals surface area (Å²) in [7, 11) is -2.17. The third-order valence-electron chi connectivity index (χ3n) is 2.00. The second kappa shape index (κ2) is 2.71. The molecule has 2 rings (SSSR count). The number of anilines is 1. The number of pyridine rings is 1. The summed E-state index contributed by atoms with van der Waals surface area (Å²) in [6, 6.07) is 3.24. The number of aromatic nitrogens is 1. The summed E-state index contributed by atoms with van der Waals surface area (Å²) in [5, 5.41) is 10.2. The molecule has 0 amide bonds. The Bertz CT molecular complexity index is 507. The van der Waals surface area contributed by atoms with Gasteiger partial charge in [-0.3, -0.25) is 4.31 Å². The number of sulfonamides is 1. The van der Waals surface area contributed by atoms with Gasteiger partial charge < -0.3 is 5.11 Å². The Morgan fingerprint density at radius 1 is 1.50 bits per heavy atom. The van der Waals surface area contributed by atoms with Gasteiger partial charge in [-0.2, -0.15) is 0 Å². The highest BCUT2D eigenvalue weighted by Crippen LogP contribution is 2.30. The molecule has 74 valence electrons. The second-order valence-corrected chi connectivity index (χ2v) is 4.70. The molecule has 14 heavy (non-hydrogen) atoms. The fourth-order valence-corrected chi connectivity index (χ4v) is 2.21. The monoisotopic (exact) mass is 212 g/mol. The summed E-state index contributed by atoms with van der Waals surface area (Å²) in [6.45, 7) is 0. The Morgan fingerprint density at radius 2 is 2.21 bits per heavy atom. The number of hydrogen-bond donors (Lipinski definition) is 1. The zero-order chi connectivity index (χ0) is 10.3. The smallest absolute Gasteiger partial charge is 0.262 e. The van der Waals surface area contributed by atoms with Gasteiger partial charge >= 0.3 is 0 Å². The van der Waals surface area contributed by atoms with Crippen LogP contribution in [0.4, 0.5) is 5.82 Å². The van der Waals surface area contributed by atoms with Gasteiger partial charge in [-0.25, -0.2) is 13.4 Å². The zero-order valence-corrected chi connectivity index (χ0v) is 8.19. The fourth-order valence-electron chi connectivity index (χ4n) is 1.25. The van der Waals surface area contributed by atoms with Crippen molar-refractivity contribution in [2.45, 2.75) is 0 Å². The third-order valence-corrected chi connectivity index (χ3v) is 3.46. The highest BCUT2D eigenvalue weighted by Gasteiger charge is 2.27. The molecular weight excluding hydrogens is 204 g/mol. The van der Waals surface area contributed by atoms with Gasteiger partial charge in [-0.1, -0.05) is 0 Å². The molecular formula is C8H8N2O3S. The van der Waals surface area contributed by atoms with Crippen LogP contribution in [0.15, 0.2) is 23.7 Å². The van der Waals surface area contributed by atoms with Gasteiger partial charge in [0.1, 0.15) is 5.76 Å². The number of rotatable bonds is 0. The Kier molecular flexibility index (Phi) is 1.75. The predicted octanol–water partition coefficient (Wildman–Crippen LogP) is 0.718. The molecule has 0 atom stereocenters. The standard InChI is InChI=1S/C8H8N2O3S/c1-10-8-6(3-2-4-9-8)7(11)5-14(10,12)13/h2-5,11H,1H3. The van der Waals surface area contributed by atoms with Gasteiger partial charge in [0.2, 0.25) is 0 Å². The minimum Gasteiger partial charge on any atom is -0.506 e. The van der Waals surface area contributed by atoms with Gasteiger partial charge in [0.05, 0.1) is 11.0 Å². The minimum atomic E-state index is -3.57. The predicted molar refractivity (Wildman–Crippen MR) is 52.2 cm³/mol. The van der Waals surface area contributed by atoms with E-state index in [1.54, 1.807) is 12.1 Å². The van der Waals surface area contributed by atoms with E-state index in [-0.39, 0.29) is 11.6 Å². The lowest BCUT2D eigenvalue weighted by Gasteiger charge is -2.22. The summed E-state index contributed by atoms with van der Waals surface area (Å²) in [4.78, 5) is 3.89. The van der Waals surface area contributed by atoms with E-state index in [4.69, 9.17) is 0 Å². The second-order valence-electron chi connectivity index (χ2n) is 2.89. The van der Waals surface area contributed by atoms with Crippen molar-refractivity contribution in [3.8, 4) is 0 Å². The van der Waals surface area contributed by atoms with Crippen molar-refractivity contribution in [2.24, 2.45) is 0 Å². The topological polar surface area (TPSA) is 70.5 Å². The van der Waals surface area contributed by atoms with Crippen LogP contribution in [0.25, 0.3) is 5.76 Å². The van der Waals surface area contributed by atoms with Gasteiger partial charge in [-0.15, -0.1) is 0 Å². The Balaban J connectivity index is 2.75. The normalized spacial score (nSPS) is 18.6. The van der Waals surface area contributed by atoms with Crippen LogP contribution in [-0.4, -0.2) is 25.6 Å². The summed E-state index contributed by atoms with van der Waals surface area (Å²) in [5.74, 6) is -0.0290. The van der Waals surface area contributed by atoms with E-state index in [0.717, 1.165) is 9.71 Å². The molecule has 0 unspecified atom stereocenters. The molecule has 0 aliphatic carbocycles. The number of nitrogens with zero attached hydrogens (tertiary/aromatic N) is 2. The number of hydrogen-bond acceptors (Lipinski definition) is 4. The number of aliphatic hydroxyl groups excluding tert-OH is 1. The molecule has 0 saturated carbocycles. The molecule has 0 spiro atoms. The van der Waals surface area contributed by atoms with Gasteiger partial charge in [0.15, 0.2) is 5.82 Å². The average molecular weight is 212 g/mol. The van der Waals surface area contributed by atoms with E-state index in [9.17, 15) is 13.5 Å². The molecule has 5 nitrogen and oxygen atoms in total. The first-order valence-corrected chi connectivity index (χ1v) is 5.38. The maximum atomic E-state index is 11.4. The van der Waals surface area contributed by atoms with E-state index in [1.165, 1.54) is 13.2 Å². The molecule has 0 aromatic carbocycles. The van der Waals surface area contributed by atoms with Crippen molar-refractivity contribution in [3.63, 3.8) is 0 Å². The van der Waals surface area contributed by atoms with Crippen molar-refractivity contribution in [1.29, 1.82) is 0 Å². The summed E-state index contributed by atoms with van der Waals surface area (Å²) < 4.78 is 23.8. The number of aliphatic hydroxyl groups is 1. The lowest BCUT2D eigenvalue weighted by atomic mass is 10.2. The summed E-state index contributed by atoms with van der Waals surface area (Å²) >= 11 is 0. The molecule has 1 aromatic heterocycles. The van der Waals surface area contributed by atoms with Crippen molar-refractivity contribution in [1.82, 2.24) is 4.98 Å². The molecule has 1 aliphatic heterocycles. The van der Waals surface area contributed by atoms with Crippen molar-refractivity contribution < 1.29 is 13.5 Å². The van der Waals surface area contributed by atoms with Crippen molar-refractivity contribution >= 4 is 21.6 Å². The summed E-state index contributed by atoms with van der Waals surface area (Å²) in [5.41, 5.74) is 0.421. The number of fused-ring (bicyclic) bond motifs is 1. The fraction of sp³-hybridized carbons (Fsp3) is 0.125. The maximum Gasteiger partial charge on any atom is 0.262 e. The molecule has 0 bridgehead atoms. The van der Waals surface area contributed by atoms with Gasteiger partial charge in [-0.05, 0) is 12.1 Å². The lowest BCUT2D eigenvalue weighted by Crippen LogP contribution is -2.29. The highest BCUT2D eigenvalue weighted by molar-refractivity contribution is 7.95. The van der Waals surface area contributed by atoms with E-state index in [1.807, 2.05) is 0 Å². The largest absolute Gasteiger partial charge is 0.506 e. The first kappa shape index (κ1) is 9.01. The molecule has 0 saturated heterocycles. The Hall–Kier alpha value is -1.56. The first-order valence-electron chi connectivity index (χ1n) is 3.87. The quantitative estimate of drug-likeness (QED) is 0.687.